The maximum absolute atomic E-state index is 11.5. The zero-order valence-electron chi connectivity index (χ0n) is 8.44. The van der Waals surface area contributed by atoms with Gasteiger partial charge in [-0.25, -0.2) is 18.4 Å². The molecule has 0 atom stereocenters. The lowest BCUT2D eigenvalue weighted by atomic mass is 10.2. The first-order valence-electron chi connectivity index (χ1n) is 4.36. The number of hydrogen-bond donors (Lipinski definition) is 1. The van der Waals surface area contributed by atoms with Gasteiger partial charge in [0.15, 0.2) is 0 Å². The molecule has 7 heteroatoms. The molecule has 88 valence electrons. The van der Waals surface area contributed by atoms with Gasteiger partial charge in [-0.1, -0.05) is 6.07 Å². The van der Waals surface area contributed by atoms with Crippen LogP contribution in [0.25, 0.3) is 0 Å². The van der Waals surface area contributed by atoms with E-state index in [2.05, 4.69) is 0 Å². The quantitative estimate of drug-likeness (QED) is 0.650. The maximum Gasteiger partial charge on any atom is 0.339 e. The number of rotatable bonds is 3. The highest BCUT2D eigenvalue weighted by molar-refractivity contribution is 14.1. The Bertz CT molecular complexity index is 512. The number of benzene rings is 1. The number of hydrogen-bond acceptors (Lipinski definition) is 4. The molecule has 1 rings (SSSR count). The summed E-state index contributed by atoms with van der Waals surface area (Å²) < 4.78 is 27.5. The molecule has 0 aliphatic carbocycles. The maximum atomic E-state index is 11.5. The lowest BCUT2D eigenvalue weighted by molar-refractivity contribution is 0.0525. The minimum atomic E-state index is -3.82. The lowest BCUT2D eigenvalue weighted by Crippen LogP contribution is -2.16. The van der Waals surface area contributed by atoms with Crippen LogP contribution in [0.2, 0.25) is 0 Å². The Labute approximate surface area is 107 Å². The fourth-order valence-electron chi connectivity index (χ4n) is 1.10. The van der Waals surface area contributed by atoms with E-state index in [4.69, 9.17) is 9.88 Å². The van der Waals surface area contributed by atoms with Crippen LogP contribution in [0.3, 0.4) is 0 Å². The molecule has 0 radical (unpaired) electrons. The predicted octanol–water partition coefficient (Wildman–Crippen LogP) is 1.12. The number of ether oxygens (including phenoxy) is 1. The Morgan fingerprint density at radius 2 is 2.12 bits per heavy atom. The highest BCUT2D eigenvalue weighted by atomic mass is 127. The van der Waals surface area contributed by atoms with Gasteiger partial charge in [-0.05, 0) is 41.6 Å². The van der Waals surface area contributed by atoms with E-state index >= 15 is 0 Å². The van der Waals surface area contributed by atoms with E-state index in [-0.39, 0.29) is 20.6 Å². The van der Waals surface area contributed by atoms with Crippen molar-refractivity contribution in [2.45, 2.75) is 11.8 Å². The van der Waals surface area contributed by atoms with Gasteiger partial charge in [0.1, 0.15) is 0 Å². The van der Waals surface area contributed by atoms with Crippen molar-refractivity contribution < 1.29 is 17.9 Å². The van der Waals surface area contributed by atoms with Gasteiger partial charge >= 0.3 is 5.97 Å². The second-order valence-electron chi connectivity index (χ2n) is 2.88. The molecule has 0 unspecified atom stereocenters. The minimum absolute atomic E-state index is 0.0707. The summed E-state index contributed by atoms with van der Waals surface area (Å²) in [6.07, 6.45) is 0. The molecule has 0 aliphatic rings. The van der Waals surface area contributed by atoms with Crippen molar-refractivity contribution >= 4 is 38.6 Å². The summed E-state index contributed by atoms with van der Waals surface area (Å²) in [5.41, 5.74) is 0.203. The van der Waals surface area contributed by atoms with E-state index in [1.165, 1.54) is 18.2 Å². The smallest absolute Gasteiger partial charge is 0.339 e. The third-order valence-corrected chi connectivity index (χ3v) is 4.25. The summed E-state index contributed by atoms with van der Waals surface area (Å²) in [6, 6.07) is 4.29. The van der Waals surface area contributed by atoms with E-state index in [1.54, 1.807) is 29.5 Å². The van der Waals surface area contributed by atoms with Crippen molar-refractivity contribution in [3.8, 4) is 0 Å². The number of sulfonamides is 1. The summed E-state index contributed by atoms with van der Waals surface area (Å²) in [6.45, 7) is 1.91. The van der Waals surface area contributed by atoms with Crippen LogP contribution >= 0.6 is 22.6 Å². The highest BCUT2D eigenvalue weighted by Crippen LogP contribution is 2.21. The van der Waals surface area contributed by atoms with Crippen LogP contribution in [-0.4, -0.2) is 21.0 Å². The number of primary sulfonamides is 1. The van der Waals surface area contributed by atoms with Crippen molar-refractivity contribution in [2.75, 3.05) is 6.61 Å². The number of carbonyl (C=O) groups excluding carboxylic acids is 1. The molecule has 0 fully saturated rings. The van der Waals surface area contributed by atoms with Crippen LogP contribution in [0.5, 0.6) is 0 Å². The molecule has 0 spiro atoms. The first kappa shape index (κ1) is 13.4. The number of carbonyl (C=O) groups is 1. The molecule has 1 aromatic carbocycles. The molecular formula is C9H10INO4S. The van der Waals surface area contributed by atoms with Crippen LogP contribution in [0, 0.1) is 3.57 Å². The summed E-state index contributed by atoms with van der Waals surface area (Å²) >= 11 is 1.76. The van der Waals surface area contributed by atoms with Crippen LogP contribution in [0.4, 0.5) is 0 Å². The van der Waals surface area contributed by atoms with Gasteiger partial charge in [-0.2, -0.15) is 0 Å². The number of esters is 1. The summed E-state index contributed by atoms with van der Waals surface area (Å²) in [5, 5.41) is 5.02. The molecule has 0 aliphatic heterocycles. The molecule has 16 heavy (non-hydrogen) atoms. The van der Waals surface area contributed by atoms with Gasteiger partial charge in [-0.15, -0.1) is 0 Å². The number of nitrogens with two attached hydrogens (primary N) is 1. The van der Waals surface area contributed by atoms with Gasteiger partial charge in [0.05, 0.1) is 17.1 Å². The van der Waals surface area contributed by atoms with E-state index in [0.717, 1.165) is 0 Å². The Morgan fingerprint density at radius 3 is 2.62 bits per heavy atom. The third-order valence-electron chi connectivity index (χ3n) is 1.77. The Kier molecular flexibility index (Phi) is 4.28. The zero-order chi connectivity index (χ0) is 12.3. The molecule has 0 bridgehead atoms. The summed E-state index contributed by atoms with van der Waals surface area (Å²) in [5.74, 6) is -0.558. The van der Waals surface area contributed by atoms with Crippen LogP contribution < -0.4 is 5.14 Å². The Hall–Kier alpha value is -0.670. The SMILES string of the molecule is CCOC(=O)c1cccc(S(N)(=O)=O)c1I. The monoisotopic (exact) mass is 355 g/mol. The van der Waals surface area contributed by atoms with Crippen molar-refractivity contribution in [2.24, 2.45) is 5.14 Å². The standard InChI is InChI=1S/C9H10INO4S/c1-2-15-9(12)6-4-3-5-7(8(6)10)16(11,13)14/h3-5H,2H2,1H3,(H2,11,13,14). The van der Waals surface area contributed by atoms with Gasteiger partial charge in [-0.3, -0.25) is 0 Å². The first-order chi connectivity index (χ1) is 7.38. The fraction of sp³-hybridized carbons (Fsp3) is 0.222. The third kappa shape index (κ3) is 2.92. The zero-order valence-corrected chi connectivity index (χ0v) is 11.4. The molecular weight excluding hydrogens is 345 g/mol. The lowest BCUT2D eigenvalue weighted by Gasteiger charge is -2.07. The van der Waals surface area contributed by atoms with E-state index in [9.17, 15) is 13.2 Å². The molecule has 0 saturated heterocycles. The van der Waals surface area contributed by atoms with Gasteiger partial charge in [0.25, 0.3) is 0 Å². The van der Waals surface area contributed by atoms with Crippen molar-refractivity contribution in [3.63, 3.8) is 0 Å². The average molecular weight is 355 g/mol. The fourth-order valence-corrected chi connectivity index (χ4v) is 3.23. The van der Waals surface area contributed by atoms with Crippen LogP contribution in [-0.2, 0) is 14.8 Å². The molecule has 0 amide bonds. The Balaban J connectivity index is 3.30. The first-order valence-corrected chi connectivity index (χ1v) is 6.99. The highest BCUT2D eigenvalue weighted by Gasteiger charge is 2.19. The normalized spacial score (nSPS) is 11.2. The van der Waals surface area contributed by atoms with Crippen molar-refractivity contribution in [1.82, 2.24) is 0 Å². The van der Waals surface area contributed by atoms with E-state index in [1.807, 2.05) is 0 Å². The molecule has 5 nitrogen and oxygen atoms in total. The minimum Gasteiger partial charge on any atom is -0.462 e. The average Bonchev–Trinajstić information content (AvgIpc) is 2.16. The predicted molar refractivity (Wildman–Crippen MR) is 66.5 cm³/mol. The van der Waals surface area contributed by atoms with Crippen LogP contribution in [0.15, 0.2) is 23.1 Å². The van der Waals surface area contributed by atoms with Crippen LogP contribution in [0.1, 0.15) is 17.3 Å². The van der Waals surface area contributed by atoms with Gasteiger partial charge in [0.2, 0.25) is 10.0 Å². The van der Waals surface area contributed by atoms with Gasteiger partial charge in [0, 0.05) is 3.57 Å². The summed E-state index contributed by atoms with van der Waals surface area (Å²) in [4.78, 5) is 11.4. The second-order valence-corrected chi connectivity index (χ2v) is 5.49. The number of halogens is 1. The van der Waals surface area contributed by atoms with Crippen molar-refractivity contribution in [1.29, 1.82) is 0 Å². The molecule has 0 heterocycles. The topological polar surface area (TPSA) is 86.5 Å². The summed E-state index contributed by atoms with van der Waals surface area (Å²) in [7, 11) is -3.82. The van der Waals surface area contributed by atoms with Crippen molar-refractivity contribution in [3.05, 3.63) is 27.3 Å². The Morgan fingerprint density at radius 1 is 1.50 bits per heavy atom. The molecule has 2 N–H and O–H groups in total. The molecule has 1 aromatic rings. The molecule has 0 saturated carbocycles. The van der Waals surface area contributed by atoms with E-state index in [0.29, 0.717) is 0 Å². The van der Waals surface area contributed by atoms with E-state index < -0.39 is 16.0 Å². The van der Waals surface area contributed by atoms with Gasteiger partial charge < -0.3 is 4.74 Å². The second kappa shape index (κ2) is 5.11. The largest absolute Gasteiger partial charge is 0.462 e. The molecule has 0 aromatic heterocycles.